The molecule has 1 aromatic carbocycles. The maximum absolute atomic E-state index is 9.42. The van der Waals surface area contributed by atoms with Crippen LogP contribution in [0.4, 0.5) is 0 Å². The zero-order chi connectivity index (χ0) is 9.84. The molecule has 0 radical (unpaired) electrons. The van der Waals surface area contributed by atoms with Crippen molar-refractivity contribution in [2.24, 2.45) is 0 Å². The van der Waals surface area contributed by atoms with Crippen molar-refractivity contribution in [3.8, 4) is 11.5 Å². The predicted octanol–water partition coefficient (Wildman–Crippen LogP) is 2.18. The van der Waals surface area contributed by atoms with Crippen LogP contribution in [0.3, 0.4) is 0 Å². The van der Waals surface area contributed by atoms with Gasteiger partial charge >= 0.3 is 0 Å². The molecule has 0 aromatic heterocycles. The zero-order valence-corrected chi connectivity index (χ0v) is 9.30. The third-order valence-corrected chi connectivity index (χ3v) is 1.88. The minimum atomic E-state index is -0.551. The number of rotatable bonds is 3. The number of halogens is 1. The lowest BCUT2D eigenvalue weighted by Crippen LogP contribution is -1.98. The molecule has 1 rings (SSSR count). The van der Waals surface area contributed by atoms with Crippen molar-refractivity contribution in [2.45, 2.75) is 13.0 Å². The van der Waals surface area contributed by atoms with Crippen LogP contribution < -0.4 is 9.47 Å². The van der Waals surface area contributed by atoms with Crippen LogP contribution in [-0.4, -0.2) is 19.3 Å². The molecule has 0 spiro atoms. The summed E-state index contributed by atoms with van der Waals surface area (Å²) in [6, 6.07) is 5.43. The number of hydrogen-bond donors (Lipinski definition) is 1. The standard InChI is InChI=1S/C10H14O3.ClH/c1-7(11)8-5-4-6-9(12-2)10(8)13-3;/h4-7,11H,1-3H3;1H. The molecule has 80 valence electrons. The molecule has 3 nitrogen and oxygen atoms in total. The maximum Gasteiger partial charge on any atom is 0.166 e. The van der Waals surface area contributed by atoms with Gasteiger partial charge in [0.2, 0.25) is 0 Å². The molecule has 14 heavy (non-hydrogen) atoms. The van der Waals surface area contributed by atoms with Gasteiger partial charge in [0.15, 0.2) is 11.5 Å². The Hall–Kier alpha value is -0.930. The van der Waals surface area contributed by atoms with Crippen LogP contribution >= 0.6 is 12.4 Å². The Labute approximate surface area is 90.1 Å². The highest BCUT2D eigenvalue weighted by molar-refractivity contribution is 5.85. The second-order valence-electron chi connectivity index (χ2n) is 2.76. The summed E-state index contributed by atoms with van der Waals surface area (Å²) >= 11 is 0. The second kappa shape index (κ2) is 5.73. The summed E-state index contributed by atoms with van der Waals surface area (Å²) < 4.78 is 10.2. The third kappa shape index (κ3) is 2.53. The van der Waals surface area contributed by atoms with E-state index in [-0.39, 0.29) is 12.4 Å². The van der Waals surface area contributed by atoms with Gasteiger partial charge in [-0.25, -0.2) is 0 Å². The number of para-hydroxylation sites is 1. The van der Waals surface area contributed by atoms with Gasteiger partial charge in [-0.1, -0.05) is 12.1 Å². The molecule has 0 bridgehead atoms. The second-order valence-corrected chi connectivity index (χ2v) is 2.76. The van der Waals surface area contributed by atoms with Crippen molar-refractivity contribution in [3.63, 3.8) is 0 Å². The van der Waals surface area contributed by atoms with E-state index in [2.05, 4.69) is 0 Å². The van der Waals surface area contributed by atoms with Crippen LogP contribution in [0.2, 0.25) is 0 Å². The number of methoxy groups -OCH3 is 2. The molecule has 0 aliphatic carbocycles. The van der Waals surface area contributed by atoms with Crippen LogP contribution in [-0.2, 0) is 0 Å². The Kier molecular flexibility index (Phi) is 5.35. The fourth-order valence-corrected chi connectivity index (χ4v) is 1.24. The first-order valence-electron chi connectivity index (χ1n) is 4.09. The Morgan fingerprint density at radius 1 is 1.21 bits per heavy atom. The van der Waals surface area contributed by atoms with Crippen molar-refractivity contribution < 1.29 is 14.6 Å². The summed E-state index contributed by atoms with van der Waals surface area (Å²) in [5.74, 6) is 1.24. The fourth-order valence-electron chi connectivity index (χ4n) is 1.24. The Morgan fingerprint density at radius 2 is 1.86 bits per heavy atom. The molecule has 0 saturated carbocycles. The van der Waals surface area contributed by atoms with Gasteiger partial charge in [-0.05, 0) is 13.0 Å². The average Bonchev–Trinajstić information content (AvgIpc) is 2.16. The van der Waals surface area contributed by atoms with Crippen molar-refractivity contribution in [1.29, 1.82) is 0 Å². The maximum atomic E-state index is 9.42. The van der Waals surface area contributed by atoms with Crippen LogP contribution in [0, 0.1) is 0 Å². The first-order chi connectivity index (χ1) is 6.20. The smallest absolute Gasteiger partial charge is 0.166 e. The van der Waals surface area contributed by atoms with E-state index in [0.717, 1.165) is 5.56 Å². The van der Waals surface area contributed by atoms with E-state index in [4.69, 9.17) is 9.47 Å². The number of aliphatic hydroxyl groups is 1. The Balaban J connectivity index is 0.00000169. The summed E-state index contributed by atoms with van der Waals surface area (Å²) in [6.07, 6.45) is -0.551. The van der Waals surface area contributed by atoms with E-state index in [9.17, 15) is 5.11 Å². The minimum Gasteiger partial charge on any atom is -0.493 e. The molecular weight excluding hydrogens is 204 g/mol. The van der Waals surface area contributed by atoms with Crippen molar-refractivity contribution in [3.05, 3.63) is 23.8 Å². The molecule has 0 amide bonds. The van der Waals surface area contributed by atoms with Crippen molar-refractivity contribution >= 4 is 12.4 Å². The van der Waals surface area contributed by atoms with Gasteiger partial charge in [-0.15, -0.1) is 12.4 Å². The minimum absolute atomic E-state index is 0. The zero-order valence-electron chi connectivity index (χ0n) is 8.48. The summed E-state index contributed by atoms with van der Waals surface area (Å²) in [5.41, 5.74) is 0.738. The number of benzene rings is 1. The number of hydrogen-bond acceptors (Lipinski definition) is 3. The molecule has 1 unspecified atom stereocenters. The lowest BCUT2D eigenvalue weighted by Gasteiger charge is -2.13. The van der Waals surface area contributed by atoms with Gasteiger partial charge in [-0.2, -0.15) is 0 Å². The van der Waals surface area contributed by atoms with E-state index in [1.165, 1.54) is 0 Å². The highest BCUT2D eigenvalue weighted by atomic mass is 35.5. The molecule has 0 heterocycles. The monoisotopic (exact) mass is 218 g/mol. The van der Waals surface area contributed by atoms with Gasteiger partial charge in [0.25, 0.3) is 0 Å². The van der Waals surface area contributed by atoms with E-state index in [0.29, 0.717) is 11.5 Å². The van der Waals surface area contributed by atoms with Gasteiger partial charge < -0.3 is 14.6 Å². The Morgan fingerprint density at radius 3 is 2.29 bits per heavy atom. The summed E-state index contributed by atoms with van der Waals surface area (Å²) in [6.45, 7) is 1.69. The van der Waals surface area contributed by atoms with Crippen LogP contribution in [0.25, 0.3) is 0 Å². The lowest BCUT2D eigenvalue weighted by atomic mass is 10.1. The topological polar surface area (TPSA) is 38.7 Å². The summed E-state index contributed by atoms with van der Waals surface area (Å²) in [4.78, 5) is 0. The molecule has 1 aromatic rings. The van der Waals surface area contributed by atoms with Gasteiger partial charge in [-0.3, -0.25) is 0 Å². The molecule has 0 aliphatic heterocycles. The fraction of sp³-hybridized carbons (Fsp3) is 0.400. The molecule has 0 saturated heterocycles. The first kappa shape index (κ1) is 13.1. The third-order valence-electron chi connectivity index (χ3n) is 1.88. The molecule has 0 aliphatic rings. The summed E-state index contributed by atoms with van der Waals surface area (Å²) in [5, 5.41) is 9.42. The van der Waals surface area contributed by atoms with Gasteiger partial charge in [0, 0.05) is 5.56 Å². The largest absolute Gasteiger partial charge is 0.493 e. The van der Waals surface area contributed by atoms with E-state index < -0.39 is 6.10 Å². The van der Waals surface area contributed by atoms with E-state index >= 15 is 0 Å². The highest BCUT2D eigenvalue weighted by Gasteiger charge is 2.12. The van der Waals surface area contributed by atoms with Gasteiger partial charge in [0.05, 0.1) is 20.3 Å². The van der Waals surface area contributed by atoms with Gasteiger partial charge in [0.1, 0.15) is 0 Å². The lowest BCUT2D eigenvalue weighted by molar-refractivity contribution is 0.193. The molecule has 4 heteroatoms. The SMILES string of the molecule is COc1cccc(C(C)O)c1OC.Cl. The number of ether oxygens (including phenoxy) is 2. The normalized spacial score (nSPS) is 11.4. The molecular formula is C10H15ClO3. The van der Waals surface area contributed by atoms with E-state index in [1.54, 1.807) is 27.2 Å². The average molecular weight is 219 g/mol. The van der Waals surface area contributed by atoms with Crippen LogP contribution in [0.5, 0.6) is 11.5 Å². The first-order valence-corrected chi connectivity index (χ1v) is 4.09. The quantitative estimate of drug-likeness (QED) is 0.845. The molecule has 1 N–H and O–H groups in total. The highest BCUT2D eigenvalue weighted by Crippen LogP contribution is 2.34. The van der Waals surface area contributed by atoms with E-state index in [1.807, 2.05) is 12.1 Å². The predicted molar refractivity (Wildman–Crippen MR) is 57.4 cm³/mol. The Bertz CT molecular complexity index is 287. The summed E-state index contributed by atoms with van der Waals surface area (Å²) in [7, 11) is 3.13. The van der Waals surface area contributed by atoms with Crippen LogP contribution in [0.1, 0.15) is 18.6 Å². The van der Waals surface area contributed by atoms with Crippen molar-refractivity contribution in [2.75, 3.05) is 14.2 Å². The molecule has 0 fully saturated rings. The number of aliphatic hydroxyl groups excluding tert-OH is 1. The van der Waals surface area contributed by atoms with Crippen LogP contribution in [0.15, 0.2) is 18.2 Å². The molecule has 1 atom stereocenters. The van der Waals surface area contributed by atoms with Crippen molar-refractivity contribution in [1.82, 2.24) is 0 Å².